The molecule has 0 bridgehead atoms. The van der Waals surface area contributed by atoms with Crippen LogP contribution in [0.1, 0.15) is 24.0 Å². The standard InChI is InChI=1S/C21H23FN6.HI/c1-23-20(26-15-21(7-8-21)17-4-2-5-18(22)13-17)25-14-16-6-10-24-19(12-16)28-11-3-9-27-28;/h2-6,9-13H,7-8,14-15H2,1H3,(H2,23,25,26);1H. The van der Waals surface area contributed by atoms with Crippen LogP contribution in [0.4, 0.5) is 4.39 Å². The number of pyridine rings is 1. The summed E-state index contributed by atoms with van der Waals surface area (Å²) in [4.78, 5) is 8.65. The highest BCUT2D eigenvalue weighted by atomic mass is 127. The van der Waals surface area contributed by atoms with Gasteiger partial charge in [-0.25, -0.2) is 14.1 Å². The Kier molecular flexibility index (Phi) is 6.83. The van der Waals surface area contributed by atoms with Crippen molar-refractivity contribution in [3.8, 4) is 5.82 Å². The first-order valence-corrected chi connectivity index (χ1v) is 9.34. The number of rotatable bonds is 6. The summed E-state index contributed by atoms with van der Waals surface area (Å²) in [6.45, 7) is 1.34. The molecule has 2 aromatic heterocycles. The Hall–Kier alpha value is -2.49. The summed E-state index contributed by atoms with van der Waals surface area (Å²) in [5.74, 6) is 1.31. The van der Waals surface area contributed by atoms with Gasteiger partial charge in [0.2, 0.25) is 0 Å². The number of guanidine groups is 1. The highest BCUT2D eigenvalue weighted by Crippen LogP contribution is 2.47. The SMILES string of the molecule is CN=C(NCc1ccnc(-n2cccn2)c1)NCC1(c2cccc(F)c2)CC1.I. The lowest BCUT2D eigenvalue weighted by molar-refractivity contribution is 0.607. The van der Waals surface area contributed by atoms with Crippen LogP contribution in [0, 0.1) is 5.82 Å². The molecule has 2 heterocycles. The van der Waals surface area contributed by atoms with Crippen molar-refractivity contribution in [2.45, 2.75) is 24.8 Å². The maximum Gasteiger partial charge on any atom is 0.191 e. The molecule has 3 aromatic rings. The summed E-state index contributed by atoms with van der Waals surface area (Å²) in [6, 6.07) is 12.7. The van der Waals surface area contributed by atoms with E-state index in [9.17, 15) is 4.39 Å². The van der Waals surface area contributed by atoms with E-state index in [1.165, 1.54) is 6.07 Å². The third-order valence-corrected chi connectivity index (χ3v) is 5.12. The normalized spacial score (nSPS) is 14.8. The number of hydrogen-bond acceptors (Lipinski definition) is 3. The second-order valence-corrected chi connectivity index (χ2v) is 7.04. The summed E-state index contributed by atoms with van der Waals surface area (Å²) >= 11 is 0. The lowest BCUT2D eigenvalue weighted by Gasteiger charge is -2.19. The Bertz CT molecular complexity index is 969. The second kappa shape index (κ2) is 9.34. The zero-order valence-electron chi connectivity index (χ0n) is 16.2. The average Bonchev–Trinajstić information content (AvgIpc) is 3.31. The zero-order valence-corrected chi connectivity index (χ0v) is 18.5. The molecule has 0 spiro atoms. The van der Waals surface area contributed by atoms with E-state index < -0.39 is 0 Å². The molecule has 0 atom stereocenters. The van der Waals surface area contributed by atoms with Gasteiger partial charge in [0, 0.05) is 44.1 Å². The second-order valence-electron chi connectivity index (χ2n) is 7.04. The topological polar surface area (TPSA) is 67.1 Å². The van der Waals surface area contributed by atoms with Gasteiger partial charge in [0.1, 0.15) is 5.82 Å². The van der Waals surface area contributed by atoms with Gasteiger partial charge in [-0.2, -0.15) is 5.10 Å². The number of aromatic nitrogens is 3. The van der Waals surface area contributed by atoms with E-state index in [0.717, 1.165) is 42.3 Å². The van der Waals surface area contributed by atoms with E-state index >= 15 is 0 Å². The number of nitrogens with zero attached hydrogens (tertiary/aromatic N) is 4. The fraction of sp³-hybridized carbons (Fsp3) is 0.286. The third-order valence-electron chi connectivity index (χ3n) is 5.12. The highest BCUT2D eigenvalue weighted by Gasteiger charge is 2.44. The molecule has 1 aliphatic carbocycles. The maximum atomic E-state index is 13.6. The molecule has 1 fully saturated rings. The van der Waals surface area contributed by atoms with Gasteiger partial charge in [0.15, 0.2) is 11.8 Å². The zero-order chi connectivity index (χ0) is 19.4. The number of hydrogen-bond donors (Lipinski definition) is 2. The van der Waals surface area contributed by atoms with Gasteiger partial charge in [-0.1, -0.05) is 12.1 Å². The monoisotopic (exact) mass is 506 g/mol. The van der Waals surface area contributed by atoms with Gasteiger partial charge >= 0.3 is 0 Å². The van der Waals surface area contributed by atoms with Crippen LogP contribution in [0.25, 0.3) is 5.82 Å². The molecule has 1 aromatic carbocycles. The Labute approximate surface area is 186 Å². The van der Waals surface area contributed by atoms with E-state index in [-0.39, 0.29) is 35.2 Å². The minimum atomic E-state index is -0.183. The van der Waals surface area contributed by atoms with E-state index in [2.05, 4.69) is 25.7 Å². The summed E-state index contributed by atoms with van der Waals surface area (Å²) < 4.78 is 15.3. The first-order valence-electron chi connectivity index (χ1n) is 9.34. The molecule has 8 heteroatoms. The molecule has 152 valence electrons. The average molecular weight is 506 g/mol. The number of benzene rings is 1. The van der Waals surface area contributed by atoms with Gasteiger partial charge in [-0.15, -0.1) is 24.0 Å². The first-order chi connectivity index (χ1) is 13.7. The van der Waals surface area contributed by atoms with Crippen molar-refractivity contribution in [1.29, 1.82) is 0 Å². The number of halogens is 2. The van der Waals surface area contributed by atoms with Crippen LogP contribution in [0.3, 0.4) is 0 Å². The third kappa shape index (κ3) is 5.11. The molecular weight excluding hydrogens is 482 g/mol. The van der Waals surface area contributed by atoms with Crippen molar-refractivity contribution in [2.24, 2.45) is 4.99 Å². The Morgan fingerprint density at radius 3 is 2.72 bits per heavy atom. The number of aliphatic imine (C=N–C) groups is 1. The molecule has 0 saturated heterocycles. The maximum absolute atomic E-state index is 13.6. The van der Waals surface area contributed by atoms with Crippen LogP contribution in [-0.4, -0.2) is 34.3 Å². The fourth-order valence-electron chi connectivity index (χ4n) is 3.30. The lowest BCUT2D eigenvalue weighted by Crippen LogP contribution is -2.40. The van der Waals surface area contributed by atoms with Crippen LogP contribution in [-0.2, 0) is 12.0 Å². The molecule has 1 saturated carbocycles. The van der Waals surface area contributed by atoms with Crippen LogP contribution in [0.15, 0.2) is 66.0 Å². The van der Waals surface area contributed by atoms with Crippen molar-refractivity contribution >= 4 is 29.9 Å². The molecule has 4 rings (SSSR count). The van der Waals surface area contributed by atoms with Gasteiger partial charge < -0.3 is 10.6 Å². The minimum absolute atomic E-state index is 0. The van der Waals surface area contributed by atoms with Crippen LogP contribution < -0.4 is 10.6 Å². The fourth-order valence-corrected chi connectivity index (χ4v) is 3.30. The summed E-state index contributed by atoms with van der Waals surface area (Å²) in [7, 11) is 1.75. The smallest absolute Gasteiger partial charge is 0.191 e. The van der Waals surface area contributed by atoms with E-state index in [1.807, 2.05) is 30.5 Å². The van der Waals surface area contributed by atoms with Crippen molar-refractivity contribution < 1.29 is 4.39 Å². The van der Waals surface area contributed by atoms with Crippen molar-refractivity contribution in [2.75, 3.05) is 13.6 Å². The molecular formula is C21H24FIN6. The van der Waals surface area contributed by atoms with Gasteiger partial charge in [0.25, 0.3) is 0 Å². The van der Waals surface area contributed by atoms with Crippen LogP contribution in [0.5, 0.6) is 0 Å². The van der Waals surface area contributed by atoms with Crippen molar-refractivity contribution in [3.05, 3.63) is 78.0 Å². The predicted octanol–water partition coefficient (Wildman–Crippen LogP) is 3.42. The van der Waals surface area contributed by atoms with E-state index in [4.69, 9.17) is 0 Å². The van der Waals surface area contributed by atoms with E-state index in [1.54, 1.807) is 36.3 Å². The van der Waals surface area contributed by atoms with Crippen molar-refractivity contribution in [1.82, 2.24) is 25.4 Å². The van der Waals surface area contributed by atoms with Gasteiger partial charge in [-0.05, 0) is 54.3 Å². The molecule has 0 unspecified atom stereocenters. The van der Waals surface area contributed by atoms with E-state index in [0.29, 0.717) is 6.54 Å². The molecule has 6 nitrogen and oxygen atoms in total. The van der Waals surface area contributed by atoms with Crippen molar-refractivity contribution in [3.63, 3.8) is 0 Å². The Morgan fingerprint density at radius 2 is 2.03 bits per heavy atom. The van der Waals surface area contributed by atoms with Gasteiger partial charge in [-0.3, -0.25) is 4.99 Å². The molecule has 1 aliphatic rings. The summed E-state index contributed by atoms with van der Waals surface area (Å²) in [6.07, 6.45) is 7.47. The molecule has 0 amide bonds. The minimum Gasteiger partial charge on any atom is -0.356 e. The highest BCUT2D eigenvalue weighted by molar-refractivity contribution is 14.0. The Balaban J connectivity index is 0.00000240. The molecule has 0 radical (unpaired) electrons. The predicted molar refractivity (Wildman–Crippen MR) is 122 cm³/mol. The Morgan fingerprint density at radius 1 is 1.17 bits per heavy atom. The molecule has 2 N–H and O–H groups in total. The quantitative estimate of drug-likeness (QED) is 0.306. The molecule has 0 aliphatic heterocycles. The lowest BCUT2D eigenvalue weighted by atomic mass is 9.96. The number of nitrogens with one attached hydrogen (secondary N) is 2. The first kappa shape index (κ1) is 21.2. The van der Waals surface area contributed by atoms with Crippen LogP contribution >= 0.6 is 24.0 Å². The molecule has 29 heavy (non-hydrogen) atoms. The summed E-state index contributed by atoms with van der Waals surface area (Å²) in [5, 5.41) is 10.9. The van der Waals surface area contributed by atoms with Crippen LogP contribution in [0.2, 0.25) is 0 Å². The summed E-state index contributed by atoms with van der Waals surface area (Å²) in [5.41, 5.74) is 2.13. The van der Waals surface area contributed by atoms with Gasteiger partial charge in [0.05, 0.1) is 0 Å². The largest absolute Gasteiger partial charge is 0.356 e.